The van der Waals surface area contributed by atoms with E-state index in [-0.39, 0.29) is 16.9 Å². The van der Waals surface area contributed by atoms with Gasteiger partial charge < -0.3 is 29.9 Å². The van der Waals surface area contributed by atoms with E-state index in [1.807, 2.05) is 12.1 Å². The number of benzene rings is 2. The molecule has 2 aliphatic rings. The van der Waals surface area contributed by atoms with Crippen molar-refractivity contribution in [2.75, 3.05) is 79.6 Å². The number of halogens is 1. The van der Waals surface area contributed by atoms with E-state index in [4.69, 9.17) is 21.1 Å². The van der Waals surface area contributed by atoms with Gasteiger partial charge in [0.2, 0.25) is 16.0 Å². The number of rotatable bonds is 14. The van der Waals surface area contributed by atoms with Crippen molar-refractivity contribution in [2.24, 2.45) is 11.8 Å². The Labute approximate surface area is 295 Å². The summed E-state index contributed by atoms with van der Waals surface area (Å²) in [6.07, 6.45) is 8.60. The van der Waals surface area contributed by atoms with Crippen LogP contribution in [0.2, 0.25) is 5.02 Å². The number of carbonyl (C=O) groups is 1. The summed E-state index contributed by atoms with van der Waals surface area (Å²) in [6, 6.07) is 13.1. The Hall–Kier alpha value is -3.81. The summed E-state index contributed by atoms with van der Waals surface area (Å²) in [4.78, 5) is 26.2. The van der Waals surface area contributed by atoms with Gasteiger partial charge in [0.15, 0.2) is 5.82 Å². The molecule has 0 spiro atoms. The molecule has 0 amide bonds. The molecule has 2 aromatic carbocycles. The van der Waals surface area contributed by atoms with Gasteiger partial charge in [-0.25, -0.2) is 13.4 Å². The molecule has 0 radical (unpaired) electrons. The zero-order valence-corrected chi connectivity index (χ0v) is 30.4. The predicted octanol–water partition coefficient (Wildman–Crippen LogP) is 6.29. The van der Waals surface area contributed by atoms with E-state index in [0.29, 0.717) is 47.1 Å². The Kier molecular flexibility index (Phi) is 12.5. The number of methoxy groups -OCH3 is 1. The number of carbonyl (C=O) groups excluding carboxylic acids is 1. The monoisotopic (exact) mass is 713 g/mol. The first-order valence-corrected chi connectivity index (χ1v) is 19.2. The van der Waals surface area contributed by atoms with Crippen molar-refractivity contribution in [3.05, 3.63) is 53.7 Å². The highest BCUT2D eigenvalue weighted by Gasteiger charge is 2.29. The van der Waals surface area contributed by atoms with Crippen LogP contribution in [0.15, 0.2) is 48.7 Å². The van der Waals surface area contributed by atoms with Crippen LogP contribution in [0.1, 0.15) is 45.4 Å². The summed E-state index contributed by atoms with van der Waals surface area (Å²) in [5, 5.41) is 6.67. The number of hydrogen-bond acceptors (Lipinski definition) is 11. The summed E-state index contributed by atoms with van der Waals surface area (Å²) in [7, 11) is -0.358. The Morgan fingerprint density at radius 2 is 1.78 bits per heavy atom. The maximum absolute atomic E-state index is 12.4. The van der Waals surface area contributed by atoms with Gasteiger partial charge in [-0.1, -0.05) is 37.1 Å². The summed E-state index contributed by atoms with van der Waals surface area (Å²) in [5.74, 6) is 1.94. The second kappa shape index (κ2) is 16.7. The summed E-state index contributed by atoms with van der Waals surface area (Å²) in [6.45, 7) is 7.57. The predicted molar refractivity (Wildman–Crippen MR) is 196 cm³/mol. The van der Waals surface area contributed by atoms with Gasteiger partial charge in [0.05, 0.1) is 49.1 Å². The molecule has 2 N–H and O–H groups in total. The number of esters is 1. The molecule has 0 aliphatic carbocycles. The second-order valence-corrected chi connectivity index (χ2v) is 15.2. The molecule has 5 rings (SSSR count). The number of ether oxygens (including phenoxy) is 2. The van der Waals surface area contributed by atoms with Gasteiger partial charge in [-0.15, -0.1) is 0 Å². The molecule has 2 saturated heterocycles. The van der Waals surface area contributed by atoms with Crippen LogP contribution < -0.4 is 24.6 Å². The number of nitrogens with one attached hydrogen (secondary N) is 2. The Morgan fingerprint density at radius 1 is 1.04 bits per heavy atom. The van der Waals surface area contributed by atoms with Gasteiger partial charge in [0.1, 0.15) is 10.8 Å². The first kappa shape index (κ1) is 36.5. The second-order valence-electron chi connectivity index (χ2n) is 12.8. The van der Waals surface area contributed by atoms with Crippen LogP contribution in [0.3, 0.4) is 0 Å². The molecular formula is C35H48ClN7O5S. The highest BCUT2D eigenvalue weighted by molar-refractivity contribution is 7.92. The molecule has 0 atom stereocenters. The van der Waals surface area contributed by atoms with Crippen LogP contribution in [0, 0.1) is 11.8 Å². The number of likely N-dealkylation sites (tertiary alicyclic amines) is 1. The molecule has 12 nitrogen and oxygen atoms in total. The number of unbranched alkanes of at least 4 members (excludes halogenated alkanes) is 1. The van der Waals surface area contributed by atoms with Gasteiger partial charge in [0, 0.05) is 38.4 Å². The molecule has 0 bridgehead atoms. The number of anilines is 6. The molecule has 0 saturated carbocycles. The van der Waals surface area contributed by atoms with Crippen LogP contribution in [0.5, 0.6) is 5.75 Å². The lowest BCUT2D eigenvalue weighted by molar-refractivity contribution is -0.150. The summed E-state index contributed by atoms with van der Waals surface area (Å²) in [5.41, 5.74) is 2.77. The van der Waals surface area contributed by atoms with Crippen molar-refractivity contribution in [3.63, 3.8) is 0 Å². The highest BCUT2D eigenvalue weighted by Crippen LogP contribution is 2.35. The van der Waals surface area contributed by atoms with E-state index < -0.39 is 10.0 Å². The number of sulfonamides is 1. The van der Waals surface area contributed by atoms with Crippen molar-refractivity contribution in [1.29, 1.82) is 0 Å². The average molecular weight is 714 g/mol. The van der Waals surface area contributed by atoms with Gasteiger partial charge in [0.25, 0.3) is 0 Å². The highest BCUT2D eigenvalue weighted by atomic mass is 35.5. The normalized spacial score (nSPS) is 16.3. The van der Waals surface area contributed by atoms with Crippen molar-refractivity contribution in [2.45, 2.75) is 45.4 Å². The lowest BCUT2D eigenvalue weighted by Crippen LogP contribution is -2.42. The number of para-hydroxylation sites is 2. The van der Waals surface area contributed by atoms with Gasteiger partial charge >= 0.3 is 5.97 Å². The van der Waals surface area contributed by atoms with E-state index in [2.05, 4.69) is 43.4 Å². The molecular weight excluding hydrogens is 666 g/mol. The first-order valence-electron chi connectivity index (χ1n) is 17.0. The molecule has 2 aliphatic heterocycles. The molecule has 14 heteroatoms. The first-order chi connectivity index (χ1) is 23.5. The smallest absolute Gasteiger partial charge is 0.309 e. The van der Waals surface area contributed by atoms with Crippen LogP contribution in [-0.2, 0) is 19.6 Å². The van der Waals surface area contributed by atoms with Crippen molar-refractivity contribution in [1.82, 2.24) is 14.9 Å². The van der Waals surface area contributed by atoms with E-state index in [0.717, 1.165) is 83.2 Å². The van der Waals surface area contributed by atoms with Gasteiger partial charge in [-0.05, 0) is 75.4 Å². The van der Waals surface area contributed by atoms with Crippen molar-refractivity contribution < 1.29 is 22.7 Å². The zero-order chi connectivity index (χ0) is 35.0. The Morgan fingerprint density at radius 3 is 2.47 bits per heavy atom. The third-order valence-electron chi connectivity index (χ3n) is 9.33. The van der Waals surface area contributed by atoms with Crippen LogP contribution in [0.4, 0.5) is 34.5 Å². The largest absolute Gasteiger partial charge is 0.494 e. The van der Waals surface area contributed by atoms with E-state index in [1.54, 1.807) is 31.4 Å². The number of piperidine rings is 2. The SMILES string of the molecule is CCCCOC(=O)C1CCN(CC2CCN(c3ccc(Nc4ncc(Cl)c(Nc5ccccc5N(C)S(C)(=O)=O)n4)c(OC)c3)CC2)CC1. The quantitative estimate of drug-likeness (QED) is 0.144. The molecule has 1 aromatic heterocycles. The third kappa shape index (κ3) is 9.67. The lowest BCUT2D eigenvalue weighted by Gasteiger charge is -2.38. The molecule has 0 unspecified atom stereocenters. The van der Waals surface area contributed by atoms with Crippen LogP contribution >= 0.6 is 11.6 Å². The minimum atomic E-state index is -3.48. The third-order valence-corrected chi connectivity index (χ3v) is 10.8. The molecule has 3 aromatic rings. The minimum Gasteiger partial charge on any atom is -0.494 e. The number of hydrogen-bond donors (Lipinski definition) is 2. The van der Waals surface area contributed by atoms with Gasteiger partial charge in [-0.2, -0.15) is 4.98 Å². The standard InChI is InChI=1S/C35H48ClN7O5S/c1-5-6-21-48-34(44)26-15-17-42(18-16-26)24-25-13-19-43(20-14-25)27-11-12-30(32(22-27)47-3)39-35-37-23-28(36)33(40-35)38-29-9-7-8-10-31(29)41(2)49(4,45)46/h7-12,22-23,25-26H,5-6,13-21,24H2,1-4H3,(H2,37,38,39,40). The van der Waals surface area contributed by atoms with Crippen molar-refractivity contribution >= 4 is 62.1 Å². The van der Waals surface area contributed by atoms with E-state index in [1.165, 1.54) is 17.5 Å². The minimum absolute atomic E-state index is 0.0149. The fraction of sp³-hybridized carbons (Fsp3) is 0.514. The molecule has 3 heterocycles. The Balaban J connectivity index is 1.16. The molecule has 2 fully saturated rings. The van der Waals surface area contributed by atoms with Crippen LogP contribution in [0.25, 0.3) is 0 Å². The number of aromatic nitrogens is 2. The zero-order valence-electron chi connectivity index (χ0n) is 28.8. The van der Waals surface area contributed by atoms with Crippen molar-refractivity contribution in [3.8, 4) is 5.75 Å². The Bertz CT molecular complexity index is 1680. The summed E-state index contributed by atoms with van der Waals surface area (Å²) < 4.78 is 36.8. The maximum atomic E-state index is 12.4. The van der Waals surface area contributed by atoms with E-state index >= 15 is 0 Å². The summed E-state index contributed by atoms with van der Waals surface area (Å²) >= 11 is 6.44. The van der Waals surface area contributed by atoms with Gasteiger partial charge in [-0.3, -0.25) is 9.10 Å². The maximum Gasteiger partial charge on any atom is 0.309 e. The molecule has 266 valence electrons. The number of nitrogens with zero attached hydrogens (tertiary/aromatic N) is 5. The van der Waals surface area contributed by atoms with Crippen LogP contribution in [-0.4, -0.2) is 89.0 Å². The van der Waals surface area contributed by atoms with E-state index in [9.17, 15) is 13.2 Å². The lowest BCUT2D eigenvalue weighted by atomic mass is 9.92. The topological polar surface area (TPSA) is 129 Å². The fourth-order valence-electron chi connectivity index (χ4n) is 6.30. The average Bonchev–Trinajstić information content (AvgIpc) is 3.10. The molecule has 49 heavy (non-hydrogen) atoms. The fourth-order valence-corrected chi connectivity index (χ4v) is 6.96.